The van der Waals surface area contributed by atoms with E-state index < -0.39 is 5.97 Å². The van der Waals surface area contributed by atoms with Crippen LogP contribution in [-0.4, -0.2) is 41.1 Å². The van der Waals surface area contributed by atoms with Gasteiger partial charge >= 0.3 is 12.0 Å². The Morgan fingerprint density at radius 3 is 2.60 bits per heavy atom. The number of para-hydroxylation sites is 1. The lowest BCUT2D eigenvalue weighted by Gasteiger charge is -2.23. The summed E-state index contributed by atoms with van der Waals surface area (Å²) in [6.45, 7) is 5.36. The van der Waals surface area contributed by atoms with E-state index in [-0.39, 0.29) is 18.5 Å². The molecule has 108 valence electrons. The molecule has 20 heavy (non-hydrogen) atoms. The lowest BCUT2D eigenvalue weighted by Crippen LogP contribution is -2.36. The third-order valence-corrected chi connectivity index (χ3v) is 3.56. The first-order chi connectivity index (χ1) is 9.50. The fourth-order valence-corrected chi connectivity index (χ4v) is 2.48. The zero-order chi connectivity index (χ0) is 14.7. The summed E-state index contributed by atoms with van der Waals surface area (Å²) in [7, 11) is 0. The van der Waals surface area contributed by atoms with Crippen molar-refractivity contribution in [1.82, 2.24) is 4.90 Å². The SMILES string of the molecule is CC(C)N1CCN(c2ccccc2CCC(=O)O)C1=O. The zero-order valence-corrected chi connectivity index (χ0v) is 11.9. The summed E-state index contributed by atoms with van der Waals surface area (Å²) in [6, 6.07) is 7.72. The Morgan fingerprint density at radius 1 is 1.30 bits per heavy atom. The number of rotatable bonds is 5. The molecule has 0 radical (unpaired) electrons. The van der Waals surface area contributed by atoms with Crippen LogP contribution in [0.25, 0.3) is 0 Å². The Balaban J connectivity index is 2.21. The van der Waals surface area contributed by atoms with Gasteiger partial charge in [-0.25, -0.2) is 4.79 Å². The van der Waals surface area contributed by atoms with E-state index >= 15 is 0 Å². The number of aliphatic carboxylic acids is 1. The third-order valence-electron chi connectivity index (χ3n) is 3.56. The lowest BCUT2D eigenvalue weighted by atomic mass is 10.1. The summed E-state index contributed by atoms with van der Waals surface area (Å²) >= 11 is 0. The van der Waals surface area contributed by atoms with Gasteiger partial charge in [-0.1, -0.05) is 18.2 Å². The van der Waals surface area contributed by atoms with Crippen LogP contribution >= 0.6 is 0 Å². The van der Waals surface area contributed by atoms with E-state index in [0.29, 0.717) is 19.5 Å². The molecule has 1 saturated heterocycles. The highest BCUT2D eigenvalue weighted by Gasteiger charge is 2.31. The van der Waals surface area contributed by atoms with Crippen molar-refractivity contribution in [2.24, 2.45) is 0 Å². The largest absolute Gasteiger partial charge is 0.481 e. The number of carbonyl (C=O) groups excluding carboxylic acids is 1. The maximum absolute atomic E-state index is 12.4. The highest BCUT2D eigenvalue weighted by Crippen LogP contribution is 2.26. The standard InChI is InChI=1S/C15H20N2O3/c1-11(2)16-9-10-17(15(16)20)13-6-4-3-5-12(13)7-8-14(18)19/h3-6,11H,7-10H2,1-2H3,(H,18,19). The van der Waals surface area contributed by atoms with E-state index in [4.69, 9.17) is 5.11 Å². The van der Waals surface area contributed by atoms with Crippen LogP contribution in [0.3, 0.4) is 0 Å². The van der Waals surface area contributed by atoms with Crippen molar-refractivity contribution < 1.29 is 14.7 Å². The first-order valence-electron chi connectivity index (χ1n) is 6.88. The van der Waals surface area contributed by atoms with E-state index in [1.807, 2.05) is 43.0 Å². The average molecular weight is 276 g/mol. The van der Waals surface area contributed by atoms with Crippen molar-refractivity contribution in [3.63, 3.8) is 0 Å². The summed E-state index contributed by atoms with van der Waals surface area (Å²) in [5.41, 5.74) is 1.75. The van der Waals surface area contributed by atoms with E-state index in [9.17, 15) is 9.59 Å². The van der Waals surface area contributed by atoms with Gasteiger partial charge in [-0.3, -0.25) is 9.69 Å². The van der Waals surface area contributed by atoms with Crippen LogP contribution in [0.1, 0.15) is 25.8 Å². The molecule has 0 unspecified atom stereocenters. The monoisotopic (exact) mass is 276 g/mol. The molecule has 1 aliphatic heterocycles. The lowest BCUT2D eigenvalue weighted by molar-refractivity contribution is -0.136. The third kappa shape index (κ3) is 2.92. The van der Waals surface area contributed by atoms with Gasteiger partial charge in [0, 0.05) is 31.2 Å². The van der Waals surface area contributed by atoms with Crippen molar-refractivity contribution >= 4 is 17.7 Å². The van der Waals surface area contributed by atoms with Crippen LogP contribution in [-0.2, 0) is 11.2 Å². The predicted octanol–water partition coefficient (Wildman–Crippen LogP) is 2.35. The summed E-state index contributed by atoms with van der Waals surface area (Å²) in [4.78, 5) is 26.7. The minimum atomic E-state index is -0.823. The summed E-state index contributed by atoms with van der Waals surface area (Å²) in [5, 5.41) is 8.81. The van der Waals surface area contributed by atoms with Crippen molar-refractivity contribution in [2.75, 3.05) is 18.0 Å². The number of carboxylic acid groups (broad SMARTS) is 1. The average Bonchev–Trinajstić information content (AvgIpc) is 2.78. The molecule has 5 nitrogen and oxygen atoms in total. The second kappa shape index (κ2) is 5.94. The summed E-state index contributed by atoms with van der Waals surface area (Å²) < 4.78 is 0. The van der Waals surface area contributed by atoms with Crippen molar-refractivity contribution in [1.29, 1.82) is 0 Å². The van der Waals surface area contributed by atoms with Gasteiger partial charge in [0.1, 0.15) is 0 Å². The Morgan fingerprint density at radius 2 is 2.00 bits per heavy atom. The predicted molar refractivity (Wildman–Crippen MR) is 77.0 cm³/mol. The maximum atomic E-state index is 12.4. The quantitative estimate of drug-likeness (QED) is 0.898. The van der Waals surface area contributed by atoms with Crippen LogP contribution in [0.15, 0.2) is 24.3 Å². The van der Waals surface area contributed by atoms with Crippen molar-refractivity contribution in [3.8, 4) is 0 Å². The van der Waals surface area contributed by atoms with Crippen LogP contribution < -0.4 is 4.90 Å². The molecule has 0 aliphatic carbocycles. The number of hydrogen-bond donors (Lipinski definition) is 1. The van der Waals surface area contributed by atoms with Crippen LogP contribution in [0.2, 0.25) is 0 Å². The molecule has 0 saturated carbocycles. The smallest absolute Gasteiger partial charge is 0.324 e. The molecular formula is C15H20N2O3. The molecule has 1 N–H and O–H groups in total. The second-order valence-corrected chi connectivity index (χ2v) is 5.24. The number of benzene rings is 1. The molecule has 1 aliphatic rings. The van der Waals surface area contributed by atoms with Gasteiger partial charge in [-0.2, -0.15) is 0 Å². The minimum absolute atomic E-state index is 0.00257. The second-order valence-electron chi connectivity index (χ2n) is 5.24. The highest BCUT2D eigenvalue weighted by molar-refractivity contribution is 5.95. The first-order valence-corrected chi connectivity index (χ1v) is 6.88. The Labute approximate surface area is 118 Å². The van der Waals surface area contributed by atoms with E-state index in [2.05, 4.69) is 0 Å². The molecule has 2 rings (SSSR count). The van der Waals surface area contributed by atoms with Gasteiger partial charge in [0.25, 0.3) is 0 Å². The molecule has 1 heterocycles. The normalized spacial score (nSPS) is 15.2. The van der Waals surface area contributed by atoms with E-state index in [1.165, 1.54) is 0 Å². The van der Waals surface area contributed by atoms with Crippen LogP contribution in [0.5, 0.6) is 0 Å². The zero-order valence-electron chi connectivity index (χ0n) is 11.9. The summed E-state index contributed by atoms with van der Waals surface area (Å²) in [5.74, 6) is -0.823. The topological polar surface area (TPSA) is 60.9 Å². The summed E-state index contributed by atoms with van der Waals surface area (Å²) in [6.07, 6.45) is 0.518. The minimum Gasteiger partial charge on any atom is -0.481 e. The van der Waals surface area contributed by atoms with Gasteiger partial charge in [-0.15, -0.1) is 0 Å². The van der Waals surface area contributed by atoms with Crippen molar-refractivity contribution in [3.05, 3.63) is 29.8 Å². The molecule has 0 bridgehead atoms. The van der Waals surface area contributed by atoms with Gasteiger partial charge in [0.2, 0.25) is 0 Å². The molecule has 1 aromatic rings. The maximum Gasteiger partial charge on any atom is 0.324 e. The van der Waals surface area contributed by atoms with E-state index in [1.54, 1.807) is 4.90 Å². The fraction of sp³-hybridized carbons (Fsp3) is 0.467. The van der Waals surface area contributed by atoms with E-state index in [0.717, 1.165) is 11.3 Å². The van der Waals surface area contributed by atoms with Gasteiger partial charge < -0.3 is 10.0 Å². The van der Waals surface area contributed by atoms with Crippen LogP contribution in [0.4, 0.5) is 10.5 Å². The van der Waals surface area contributed by atoms with Crippen LogP contribution in [0, 0.1) is 0 Å². The number of carboxylic acids is 1. The van der Waals surface area contributed by atoms with Crippen molar-refractivity contribution in [2.45, 2.75) is 32.7 Å². The highest BCUT2D eigenvalue weighted by atomic mass is 16.4. The fourth-order valence-electron chi connectivity index (χ4n) is 2.48. The Hall–Kier alpha value is -2.04. The molecule has 0 spiro atoms. The number of urea groups is 1. The number of nitrogens with zero attached hydrogens (tertiary/aromatic N) is 2. The van der Waals surface area contributed by atoms with Gasteiger partial charge in [0.15, 0.2) is 0 Å². The van der Waals surface area contributed by atoms with Gasteiger partial charge in [0.05, 0.1) is 0 Å². The molecule has 0 atom stereocenters. The molecule has 1 aromatic carbocycles. The first kappa shape index (κ1) is 14.4. The molecule has 1 fully saturated rings. The number of amides is 2. The number of carbonyl (C=O) groups is 2. The number of anilines is 1. The van der Waals surface area contributed by atoms with Gasteiger partial charge in [-0.05, 0) is 31.9 Å². The molecule has 0 aromatic heterocycles. The number of hydrogen-bond acceptors (Lipinski definition) is 2. The molecule has 2 amide bonds. The number of aryl methyl sites for hydroxylation is 1. The Bertz CT molecular complexity index is 514. The molecule has 5 heteroatoms. The Kier molecular flexibility index (Phi) is 4.27. The molecular weight excluding hydrogens is 256 g/mol.